The molecule has 0 aromatic carbocycles. The number of urea groups is 1. The van der Waals surface area contributed by atoms with E-state index < -0.39 is 11.5 Å². The Kier molecular flexibility index (Phi) is 4.25. The van der Waals surface area contributed by atoms with Crippen LogP contribution in [0.1, 0.15) is 52.4 Å². The molecule has 3 atom stereocenters. The van der Waals surface area contributed by atoms with Gasteiger partial charge in [-0.3, -0.25) is 0 Å². The average Bonchev–Trinajstić information content (AvgIpc) is 3.22. The van der Waals surface area contributed by atoms with Gasteiger partial charge in [0.05, 0.1) is 0 Å². The summed E-state index contributed by atoms with van der Waals surface area (Å²) in [6.45, 7) is 3.80. The monoisotopic (exact) mass is 282 g/mol. The van der Waals surface area contributed by atoms with Gasteiger partial charge in [-0.2, -0.15) is 0 Å². The Morgan fingerprint density at radius 2 is 1.80 bits per heavy atom. The van der Waals surface area contributed by atoms with E-state index in [-0.39, 0.29) is 18.0 Å². The Labute approximate surface area is 120 Å². The number of carbonyl (C=O) groups excluding carboxylic acids is 1. The Bertz CT molecular complexity index is 395. The lowest BCUT2D eigenvalue weighted by Crippen LogP contribution is -2.59. The highest BCUT2D eigenvalue weighted by Gasteiger charge is 2.49. The number of carbonyl (C=O) groups is 2. The number of amides is 2. The number of aliphatic carboxylic acids is 1. The summed E-state index contributed by atoms with van der Waals surface area (Å²) in [7, 11) is 1.79. The molecule has 0 radical (unpaired) electrons. The molecule has 2 amide bonds. The maximum Gasteiger partial charge on any atom is 0.329 e. The van der Waals surface area contributed by atoms with Gasteiger partial charge in [0.25, 0.3) is 0 Å². The number of hydrogen-bond donors (Lipinski definition) is 2. The first kappa shape index (κ1) is 15.1. The predicted molar refractivity (Wildman–Crippen MR) is 76.5 cm³/mol. The summed E-state index contributed by atoms with van der Waals surface area (Å²) in [6, 6.07) is -0.0263. The first-order valence-corrected chi connectivity index (χ1v) is 7.64. The van der Waals surface area contributed by atoms with Crippen LogP contribution < -0.4 is 5.32 Å². The summed E-state index contributed by atoms with van der Waals surface area (Å²) in [5.41, 5.74) is -1.12. The molecule has 114 valence electrons. The largest absolute Gasteiger partial charge is 0.480 e. The van der Waals surface area contributed by atoms with Crippen LogP contribution in [0.15, 0.2) is 0 Å². The second-order valence-electron chi connectivity index (χ2n) is 6.65. The predicted octanol–water partition coefficient (Wildman–Crippen LogP) is 2.46. The molecule has 3 unspecified atom stereocenters. The quantitative estimate of drug-likeness (QED) is 0.832. The van der Waals surface area contributed by atoms with Crippen molar-refractivity contribution in [2.75, 3.05) is 7.05 Å². The third-order valence-corrected chi connectivity index (χ3v) is 5.09. The van der Waals surface area contributed by atoms with E-state index in [9.17, 15) is 14.7 Å². The fourth-order valence-electron chi connectivity index (χ4n) is 3.32. The van der Waals surface area contributed by atoms with E-state index in [1.54, 1.807) is 18.9 Å². The SMILES string of the molecule is CC1CCCCC1N(C)C(=O)NC(C)(C(=O)O)C1CC1. The number of nitrogens with one attached hydrogen (secondary N) is 1. The minimum Gasteiger partial charge on any atom is -0.480 e. The van der Waals surface area contributed by atoms with E-state index >= 15 is 0 Å². The fraction of sp³-hybridized carbons (Fsp3) is 0.867. The molecule has 2 rings (SSSR count). The van der Waals surface area contributed by atoms with Crippen LogP contribution in [0.2, 0.25) is 0 Å². The van der Waals surface area contributed by atoms with Gasteiger partial charge in [0, 0.05) is 13.1 Å². The number of rotatable bonds is 4. The fourth-order valence-corrected chi connectivity index (χ4v) is 3.32. The molecule has 0 saturated heterocycles. The lowest BCUT2D eigenvalue weighted by molar-refractivity contribution is -0.144. The molecule has 5 heteroatoms. The van der Waals surface area contributed by atoms with Crippen molar-refractivity contribution in [1.29, 1.82) is 0 Å². The Balaban J connectivity index is 2.01. The van der Waals surface area contributed by atoms with Crippen molar-refractivity contribution in [1.82, 2.24) is 10.2 Å². The maximum absolute atomic E-state index is 12.4. The van der Waals surface area contributed by atoms with Crippen molar-refractivity contribution in [3.05, 3.63) is 0 Å². The van der Waals surface area contributed by atoms with Crippen LogP contribution in [0, 0.1) is 11.8 Å². The normalized spacial score (nSPS) is 29.4. The highest BCUT2D eigenvalue weighted by molar-refractivity contribution is 5.86. The van der Waals surface area contributed by atoms with Crippen molar-refractivity contribution >= 4 is 12.0 Å². The minimum absolute atomic E-state index is 0.0705. The maximum atomic E-state index is 12.4. The van der Waals surface area contributed by atoms with Crippen LogP contribution in [-0.4, -0.2) is 40.6 Å². The second-order valence-corrected chi connectivity index (χ2v) is 6.65. The molecule has 5 nitrogen and oxygen atoms in total. The Morgan fingerprint density at radius 3 is 2.30 bits per heavy atom. The molecular formula is C15H26N2O3. The first-order valence-electron chi connectivity index (χ1n) is 7.64. The van der Waals surface area contributed by atoms with Crippen LogP contribution in [0.4, 0.5) is 4.79 Å². The Morgan fingerprint density at radius 1 is 1.20 bits per heavy atom. The third-order valence-electron chi connectivity index (χ3n) is 5.09. The molecule has 0 bridgehead atoms. The molecular weight excluding hydrogens is 256 g/mol. The van der Waals surface area contributed by atoms with Gasteiger partial charge in [-0.15, -0.1) is 0 Å². The van der Waals surface area contributed by atoms with Gasteiger partial charge in [-0.25, -0.2) is 9.59 Å². The number of hydrogen-bond acceptors (Lipinski definition) is 2. The zero-order valence-corrected chi connectivity index (χ0v) is 12.7. The second kappa shape index (κ2) is 5.62. The summed E-state index contributed by atoms with van der Waals surface area (Å²) >= 11 is 0. The van der Waals surface area contributed by atoms with E-state index in [1.165, 1.54) is 6.42 Å². The zero-order chi connectivity index (χ0) is 14.9. The van der Waals surface area contributed by atoms with Gasteiger partial charge in [0.15, 0.2) is 0 Å². The number of nitrogens with zero attached hydrogens (tertiary/aromatic N) is 1. The van der Waals surface area contributed by atoms with Crippen molar-refractivity contribution in [2.45, 2.75) is 64.0 Å². The average molecular weight is 282 g/mol. The molecule has 2 fully saturated rings. The zero-order valence-electron chi connectivity index (χ0n) is 12.7. The minimum atomic E-state index is -1.12. The molecule has 0 aromatic rings. The molecule has 0 aliphatic heterocycles. The van der Waals surface area contributed by atoms with E-state index in [2.05, 4.69) is 12.2 Å². The molecule has 0 spiro atoms. The molecule has 2 saturated carbocycles. The van der Waals surface area contributed by atoms with Gasteiger partial charge in [-0.1, -0.05) is 19.8 Å². The highest BCUT2D eigenvalue weighted by atomic mass is 16.4. The third kappa shape index (κ3) is 2.91. The Hall–Kier alpha value is -1.26. The lowest BCUT2D eigenvalue weighted by Gasteiger charge is -2.38. The van der Waals surface area contributed by atoms with Gasteiger partial charge in [0.1, 0.15) is 5.54 Å². The van der Waals surface area contributed by atoms with Gasteiger partial charge in [-0.05, 0) is 44.4 Å². The highest BCUT2D eigenvalue weighted by Crippen LogP contribution is 2.40. The topological polar surface area (TPSA) is 69.6 Å². The summed E-state index contributed by atoms with van der Waals surface area (Å²) in [6.07, 6.45) is 6.28. The summed E-state index contributed by atoms with van der Waals surface area (Å²) in [5.74, 6) is -0.379. The lowest BCUT2D eigenvalue weighted by atomic mass is 9.85. The molecule has 0 heterocycles. The number of carboxylic acid groups (broad SMARTS) is 1. The van der Waals surface area contributed by atoms with E-state index in [0.29, 0.717) is 5.92 Å². The van der Waals surface area contributed by atoms with Gasteiger partial charge >= 0.3 is 12.0 Å². The van der Waals surface area contributed by atoms with Crippen LogP contribution in [0.5, 0.6) is 0 Å². The number of carboxylic acids is 1. The first-order chi connectivity index (χ1) is 9.36. The summed E-state index contributed by atoms with van der Waals surface area (Å²) in [4.78, 5) is 25.6. The molecule has 2 N–H and O–H groups in total. The summed E-state index contributed by atoms with van der Waals surface area (Å²) < 4.78 is 0. The smallest absolute Gasteiger partial charge is 0.329 e. The van der Waals surface area contributed by atoms with Gasteiger partial charge in [0.2, 0.25) is 0 Å². The molecule has 20 heavy (non-hydrogen) atoms. The van der Waals surface area contributed by atoms with Crippen LogP contribution in [-0.2, 0) is 4.79 Å². The van der Waals surface area contributed by atoms with Crippen molar-refractivity contribution in [2.24, 2.45) is 11.8 Å². The van der Waals surface area contributed by atoms with E-state index in [4.69, 9.17) is 0 Å². The summed E-state index contributed by atoms with van der Waals surface area (Å²) in [5, 5.41) is 12.2. The molecule has 2 aliphatic rings. The van der Waals surface area contributed by atoms with E-state index in [1.807, 2.05) is 0 Å². The molecule has 2 aliphatic carbocycles. The van der Waals surface area contributed by atoms with Crippen LogP contribution >= 0.6 is 0 Å². The molecule has 0 aromatic heterocycles. The van der Waals surface area contributed by atoms with E-state index in [0.717, 1.165) is 32.1 Å². The van der Waals surface area contributed by atoms with Crippen molar-refractivity contribution in [3.8, 4) is 0 Å². The van der Waals surface area contributed by atoms with Crippen LogP contribution in [0.3, 0.4) is 0 Å². The van der Waals surface area contributed by atoms with Crippen LogP contribution in [0.25, 0.3) is 0 Å². The van der Waals surface area contributed by atoms with Crippen molar-refractivity contribution < 1.29 is 14.7 Å². The van der Waals surface area contributed by atoms with Gasteiger partial charge < -0.3 is 15.3 Å². The standard InChI is InChI=1S/C15H26N2O3/c1-10-6-4-5-7-12(10)17(3)14(20)16-15(2,13(18)19)11-8-9-11/h10-12H,4-9H2,1-3H3,(H,16,20)(H,18,19). The van der Waals surface area contributed by atoms with Crippen molar-refractivity contribution in [3.63, 3.8) is 0 Å².